The standard InChI is InChI=1S/C26H27FN4O6S/c1-3-28-21-14-13-19(36-2)16-31-24(21)30-22(25(32)29-15-17-9-11-18(27)12-10-17)23(26(31)33)37-38(34,35)20-7-5-4-6-8-20/h4-12,14,19,28H,3,13,15-16H2,1-2H3,(H,29,32)/p-1/t19-/m0/s1. The molecule has 0 saturated heterocycles. The Morgan fingerprint density at radius 1 is 1.21 bits per heavy atom. The molecule has 0 fully saturated rings. The number of nitrogens with zero attached hydrogens (tertiary/aromatic N) is 3. The third kappa shape index (κ3) is 5.92. The molecule has 0 aliphatic carbocycles. The van der Waals surface area contributed by atoms with Crippen LogP contribution in [0.5, 0.6) is 5.75 Å². The molecule has 0 radical (unpaired) electrons. The average molecular weight is 542 g/mol. The van der Waals surface area contributed by atoms with E-state index in [1.54, 1.807) is 12.1 Å². The molecule has 1 aliphatic rings. The molecule has 1 aromatic heterocycles. The molecule has 2 heterocycles. The van der Waals surface area contributed by atoms with Gasteiger partial charge in [0.1, 0.15) is 16.4 Å². The SMILES string of the molecule is CCNC1=CC[C@H](OC)Cn2c1nc(C([O-])=NCc1ccc(F)cc1)c(OS(=O)(=O)c1ccccc1)c2=O. The Labute approximate surface area is 219 Å². The quantitative estimate of drug-likeness (QED) is 0.246. The number of fused-ring (bicyclic) bond motifs is 1. The Morgan fingerprint density at radius 3 is 2.58 bits per heavy atom. The Kier molecular flexibility index (Phi) is 8.23. The minimum absolute atomic E-state index is 0.0476. The molecule has 0 bridgehead atoms. The predicted octanol–water partition coefficient (Wildman–Crippen LogP) is 1.83. The summed E-state index contributed by atoms with van der Waals surface area (Å²) >= 11 is 0. The van der Waals surface area contributed by atoms with Crippen molar-refractivity contribution in [3.05, 3.63) is 93.9 Å². The van der Waals surface area contributed by atoms with E-state index < -0.39 is 44.9 Å². The summed E-state index contributed by atoms with van der Waals surface area (Å²) in [7, 11) is -2.99. The van der Waals surface area contributed by atoms with Gasteiger partial charge in [-0.3, -0.25) is 14.4 Å². The largest absolute Gasteiger partial charge is 0.857 e. The van der Waals surface area contributed by atoms with Gasteiger partial charge in [0.2, 0.25) is 5.75 Å². The van der Waals surface area contributed by atoms with Gasteiger partial charge in [-0.05, 0) is 43.2 Å². The smallest absolute Gasteiger partial charge is 0.339 e. The maximum Gasteiger partial charge on any atom is 0.339 e. The van der Waals surface area contributed by atoms with Crippen LogP contribution in [0.1, 0.15) is 30.4 Å². The monoisotopic (exact) mass is 541 g/mol. The van der Waals surface area contributed by atoms with Crippen molar-refractivity contribution in [2.45, 2.75) is 37.4 Å². The van der Waals surface area contributed by atoms with Crippen LogP contribution in [-0.2, 0) is 27.9 Å². The normalized spacial score (nSPS) is 15.8. The van der Waals surface area contributed by atoms with E-state index >= 15 is 0 Å². The van der Waals surface area contributed by atoms with Gasteiger partial charge in [0, 0.05) is 19.6 Å². The van der Waals surface area contributed by atoms with E-state index in [4.69, 9.17) is 8.92 Å². The van der Waals surface area contributed by atoms with Crippen LogP contribution in [0.25, 0.3) is 5.70 Å². The second kappa shape index (κ2) is 11.6. The molecule has 0 unspecified atom stereocenters. The predicted molar refractivity (Wildman–Crippen MR) is 136 cm³/mol. The van der Waals surface area contributed by atoms with Crippen LogP contribution >= 0.6 is 0 Å². The lowest BCUT2D eigenvalue weighted by Gasteiger charge is -2.21. The first-order valence-corrected chi connectivity index (χ1v) is 13.2. The van der Waals surface area contributed by atoms with Crippen LogP contribution in [0.15, 0.2) is 75.4 Å². The van der Waals surface area contributed by atoms with Crippen molar-refractivity contribution in [1.82, 2.24) is 14.9 Å². The van der Waals surface area contributed by atoms with Crippen molar-refractivity contribution in [2.75, 3.05) is 13.7 Å². The third-order valence-corrected chi connectivity index (χ3v) is 7.02. The van der Waals surface area contributed by atoms with Gasteiger partial charge in [0.25, 0.3) is 5.56 Å². The molecule has 200 valence electrons. The van der Waals surface area contributed by atoms with Crippen LogP contribution in [0.2, 0.25) is 0 Å². The van der Waals surface area contributed by atoms with Gasteiger partial charge in [-0.25, -0.2) is 9.37 Å². The third-order valence-electron chi connectivity index (χ3n) is 5.79. The minimum atomic E-state index is -4.49. The lowest BCUT2D eigenvalue weighted by Crippen LogP contribution is -2.36. The zero-order chi connectivity index (χ0) is 27.3. The summed E-state index contributed by atoms with van der Waals surface area (Å²) in [6, 6.07) is 12.6. The molecule has 12 heteroatoms. The van der Waals surface area contributed by atoms with Crippen molar-refractivity contribution in [2.24, 2.45) is 4.99 Å². The average Bonchev–Trinajstić information content (AvgIpc) is 3.09. The van der Waals surface area contributed by atoms with E-state index in [1.807, 2.05) is 6.92 Å². The van der Waals surface area contributed by atoms with E-state index in [0.29, 0.717) is 24.2 Å². The highest BCUT2D eigenvalue weighted by molar-refractivity contribution is 7.87. The highest BCUT2D eigenvalue weighted by Gasteiger charge is 2.28. The van der Waals surface area contributed by atoms with E-state index in [-0.39, 0.29) is 23.8 Å². The summed E-state index contributed by atoms with van der Waals surface area (Å²) in [5.41, 5.74) is -0.416. The van der Waals surface area contributed by atoms with Crippen LogP contribution < -0.4 is 20.2 Å². The Hall–Kier alpha value is -4.03. The molecule has 0 amide bonds. The minimum Gasteiger partial charge on any atom is -0.857 e. The number of benzene rings is 2. The first-order chi connectivity index (χ1) is 18.2. The highest BCUT2D eigenvalue weighted by atomic mass is 32.2. The summed E-state index contributed by atoms with van der Waals surface area (Å²) in [6.07, 6.45) is 1.83. The molecule has 38 heavy (non-hydrogen) atoms. The van der Waals surface area contributed by atoms with Crippen molar-refractivity contribution in [1.29, 1.82) is 0 Å². The summed E-state index contributed by atoms with van der Waals surface area (Å²) in [5, 5.41) is 16.4. The summed E-state index contributed by atoms with van der Waals surface area (Å²) < 4.78 is 51.3. The van der Waals surface area contributed by atoms with Gasteiger partial charge >= 0.3 is 10.1 Å². The van der Waals surface area contributed by atoms with E-state index in [1.165, 1.54) is 60.2 Å². The van der Waals surface area contributed by atoms with E-state index in [0.717, 1.165) is 0 Å². The summed E-state index contributed by atoms with van der Waals surface area (Å²) in [4.78, 5) is 21.9. The van der Waals surface area contributed by atoms with Gasteiger partial charge in [0.15, 0.2) is 5.82 Å². The molecule has 4 rings (SSSR count). The molecular formula is C26H26FN4O6S-. The van der Waals surface area contributed by atoms with Crippen LogP contribution in [-0.4, -0.2) is 43.6 Å². The number of methoxy groups -OCH3 is 1. The second-order valence-electron chi connectivity index (χ2n) is 8.37. The molecule has 0 spiro atoms. The lowest BCUT2D eigenvalue weighted by atomic mass is 10.2. The number of halogens is 1. The van der Waals surface area contributed by atoms with Gasteiger partial charge in [-0.1, -0.05) is 36.4 Å². The fraction of sp³-hybridized carbons (Fsp3) is 0.269. The van der Waals surface area contributed by atoms with Crippen molar-refractivity contribution < 1.29 is 26.8 Å². The molecule has 0 saturated carbocycles. The number of hydrogen-bond donors (Lipinski definition) is 1. The Bertz CT molecular complexity index is 1520. The molecule has 3 aromatic rings. The van der Waals surface area contributed by atoms with Crippen LogP contribution in [0, 0.1) is 5.82 Å². The number of ether oxygens (including phenoxy) is 1. The topological polar surface area (TPSA) is 135 Å². The number of nitrogens with one attached hydrogen (secondary N) is 1. The zero-order valence-electron chi connectivity index (χ0n) is 20.8. The first-order valence-electron chi connectivity index (χ1n) is 11.8. The molecular weight excluding hydrogens is 515 g/mol. The second-order valence-corrected chi connectivity index (χ2v) is 9.92. The van der Waals surface area contributed by atoms with Gasteiger partial charge in [0.05, 0.1) is 24.9 Å². The van der Waals surface area contributed by atoms with Crippen molar-refractivity contribution in [3.63, 3.8) is 0 Å². The number of aromatic nitrogens is 2. The first kappa shape index (κ1) is 27.0. The van der Waals surface area contributed by atoms with E-state index in [2.05, 4.69) is 15.3 Å². The Balaban J connectivity index is 1.88. The van der Waals surface area contributed by atoms with Gasteiger partial charge in [-0.15, -0.1) is 0 Å². The zero-order valence-corrected chi connectivity index (χ0v) is 21.6. The van der Waals surface area contributed by atoms with Crippen molar-refractivity contribution in [3.8, 4) is 5.75 Å². The maximum atomic E-state index is 13.7. The molecule has 2 aromatic carbocycles. The highest BCUT2D eigenvalue weighted by Crippen LogP contribution is 2.24. The summed E-state index contributed by atoms with van der Waals surface area (Å²) in [5.74, 6) is -2.05. The van der Waals surface area contributed by atoms with Gasteiger partial charge < -0.3 is 19.3 Å². The molecule has 1 N–H and O–H groups in total. The fourth-order valence-electron chi connectivity index (χ4n) is 3.84. The molecule has 10 nitrogen and oxygen atoms in total. The number of rotatable bonds is 9. The lowest BCUT2D eigenvalue weighted by molar-refractivity contribution is -0.213. The van der Waals surface area contributed by atoms with Gasteiger partial charge in [-0.2, -0.15) is 8.42 Å². The number of hydrogen-bond acceptors (Lipinski definition) is 9. The van der Waals surface area contributed by atoms with E-state index in [9.17, 15) is 22.7 Å². The van der Waals surface area contributed by atoms with Crippen LogP contribution in [0.3, 0.4) is 0 Å². The summed E-state index contributed by atoms with van der Waals surface area (Å²) in [6.45, 7) is 2.26. The maximum absolute atomic E-state index is 13.7. The number of aliphatic imine (C=N–C) groups is 1. The molecule has 1 atom stereocenters. The van der Waals surface area contributed by atoms with Crippen LogP contribution in [0.4, 0.5) is 4.39 Å². The fourth-order valence-corrected chi connectivity index (χ4v) is 4.79. The molecule has 1 aliphatic heterocycles. The Morgan fingerprint density at radius 2 is 1.92 bits per heavy atom. The van der Waals surface area contributed by atoms with Crippen molar-refractivity contribution >= 4 is 21.7 Å².